The first kappa shape index (κ1) is 13.3. The maximum absolute atomic E-state index is 11.8. The molecule has 0 saturated heterocycles. The maximum atomic E-state index is 11.8. The third-order valence-corrected chi connectivity index (χ3v) is 4.36. The number of carbonyl (C=O) groups excluding carboxylic acids is 1. The van der Waals surface area contributed by atoms with E-state index in [1.165, 1.54) is 7.11 Å². The molecule has 3 heteroatoms. The number of carbonyl (C=O) groups is 1. The summed E-state index contributed by atoms with van der Waals surface area (Å²) in [6, 6.07) is 0. The first-order chi connectivity index (χ1) is 8.62. The lowest BCUT2D eigenvalue weighted by molar-refractivity contribution is -0.148. The zero-order valence-electron chi connectivity index (χ0n) is 11.0. The fourth-order valence-corrected chi connectivity index (χ4v) is 3.53. The summed E-state index contributed by atoms with van der Waals surface area (Å²) in [7, 11) is 1.44. The molecule has 2 rings (SSSR count). The number of fused-ring (bicyclic) bond motifs is 1. The molecule has 0 amide bonds. The minimum absolute atomic E-state index is 0.0772. The van der Waals surface area contributed by atoms with Crippen molar-refractivity contribution < 1.29 is 14.6 Å². The third kappa shape index (κ3) is 2.24. The van der Waals surface area contributed by atoms with Crippen LogP contribution in [-0.2, 0) is 9.53 Å². The van der Waals surface area contributed by atoms with Crippen LogP contribution in [0.25, 0.3) is 0 Å². The second-order valence-electron chi connectivity index (χ2n) is 5.39. The van der Waals surface area contributed by atoms with Crippen LogP contribution in [0.15, 0.2) is 24.3 Å². The minimum atomic E-state index is -0.780. The van der Waals surface area contributed by atoms with Crippen molar-refractivity contribution in [2.24, 2.45) is 11.8 Å². The molecule has 0 bridgehead atoms. The summed E-state index contributed by atoms with van der Waals surface area (Å²) in [4.78, 5) is 11.8. The van der Waals surface area contributed by atoms with Crippen molar-refractivity contribution >= 4 is 5.97 Å². The van der Waals surface area contributed by atoms with Crippen molar-refractivity contribution in [3.05, 3.63) is 24.3 Å². The van der Waals surface area contributed by atoms with E-state index in [2.05, 4.69) is 12.7 Å². The zero-order chi connectivity index (χ0) is 13.2. The Bertz CT molecular complexity index is 372. The average Bonchev–Trinajstić information content (AvgIpc) is 2.38. The number of hydrogen-bond donors (Lipinski definition) is 1. The summed E-state index contributed by atoms with van der Waals surface area (Å²) in [5, 5.41) is 10.7. The lowest BCUT2D eigenvalue weighted by atomic mass is 9.64. The number of methoxy groups -OCH3 is 1. The molecule has 0 unspecified atom stereocenters. The maximum Gasteiger partial charge on any atom is 0.309 e. The number of aliphatic hydroxyl groups is 1. The van der Waals surface area contributed by atoms with Crippen LogP contribution in [0.1, 0.15) is 38.5 Å². The van der Waals surface area contributed by atoms with Gasteiger partial charge in [0.25, 0.3) is 0 Å². The van der Waals surface area contributed by atoms with Crippen LogP contribution in [0.2, 0.25) is 0 Å². The molecular formula is C15H22O3. The van der Waals surface area contributed by atoms with Crippen molar-refractivity contribution in [3.8, 4) is 0 Å². The molecule has 1 saturated carbocycles. The summed E-state index contributed by atoms with van der Waals surface area (Å²) in [6.45, 7) is 3.73. The van der Waals surface area contributed by atoms with E-state index in [0.29, 0.717) is 6.42 Å². The predicted molar refractivity (Wildman–Crippen MR) is 69.9 cm³/mol. The van der Waals surface area contributed by atoms with Crippen LogP contribution in [0.4, 0.5) is 0 Å². The largest absolute Gasteiger partial charge is 0.469 e. The highest BCUT2D eigenvalue weighted by molar-refractivity contribution is 5.73. The van der Waals surface area contributed by atoms with Gasteiger partial charge in [-0.1, -0.05) is 12.2 Å². The van der Waals surface area contributed by atoms with Crippen LogP contribution < -0.4 is 0 Å². The smallest absolute Gasteiger partial charge is 0.309 e. The Kier molecular flexibility index (Phi) is 3.91. The molecular weight excluding hydrogens is 228 g/mol. The number of esters is 1. The minimum Gasteiger partial charge on any atom is -0.469 e. The van der Waals surface area contributed by atoms with Gasteiger partial charge in [0.1, 0.15) is 0 Å². The lowest BCUT2D eigenvalue weighted by Gasteiger charge is -2.44. The SMILES string of the molecule is C=CC[C@@]1(O)CCC[C@H]2C1=CCC[C@H]2C(=O)OC. The van der Waals surface area contributed by atoms with Gasteiger partial charge in [-0.2, -0.15) is 0 Å². The van der Waals surface area contributed by atoms with Crippen molar-refractivity contribution in [3.63, 3.8) is 0 Å². The molecule has 2 aliphatic rings. The van der Waals surface area contributed by atoms with E-state index in [1.807, 2.05) is 0 Å². The Balaban J connectivity index is 2.26. The quantitative estimate of drug-likeness (QED) is 0.618. The van der Waals surface area contributed by atoms with Crippen LogP contribution in [0.5, 0.6) is 0 Å². The standard InChI is InChI=1S/C15H22O3/c1-3-9-15(17)10-5-7-11-12(14(16)18-2)6-4-8-13(11)15/h3,8,11-12,17H,1,4-7,9-10H2,2H3/t11-,12-,15-/m1/s1. The first-order valence-electron chi connectivity index (χ1n) is 6.74. The highest BCUT2D eigenvalue weighted by Crippen LogP contribution is 2.47. The summed E-state index contributed by atoms with van der Waals surface area (Å²) < 4.78 is 4.90. The van der Waals surface area contributed by atoms with Crippen molar-refractivity contribution in [2.45, 2.75) is 44.1 Å². The Labute approximate surface area is 109 Å². The van der Waals surface area contributed by atoms with E-state index in [1.54, 1.807) is 6.08 Å². The van der Waals surface area contributed by atoms with E-state index in [4.69, 9.17) is 4.74 Å². The van der Waals surface area contributed by atoms with E-state index in [-0.39, 0.29) is 17.8 Å². The fourth-order valence-electron chi connectivity index (χ4n) is 3.53. The molecule has 0 aromatic carbocycles. The highest BCUT2D eigenvalue weighted by Gasteiger charge is 2.44. The monoisotopic (exact) mass is 250 g/mol. The normalized spacial score (nSPS) is 35.3. The van der Waals surface area contributed by atoms with Crippen molar-refractivity contribution in [2.75, 3.05) is 7.11 Å². The highest BCUT2D eigenvalue weighted by atomic mass is 16.5. The molecule has 0 heterocycles. The van der Waals surface area contributed by atoms with Gasteiger partial charge in [0.15, 0.2) is 0 Å². The molecule has 1 fully saturated rings. The molecule has 18 heavy (non-hydrogen) atoms. The Morgan fingerprint density at radius 3 is 3.11 bits per heavy atom. The Hall–Kier alpha value is -1.09. The van der Waals surface area contributed by atoms with Gasteiger partial charge in [0.05, 0.1) is 18.6 Å². The molecule has 0 aliphatic heterocycles. The van der Waals surface area contributed by atoms with Gasteiger partial charge >= 0.3 is 5.97 Å². The van der Waals surface area contributed by atoms with Gasteiger partial charge in [0, 0.05) is 0 Å². The Morgan fingerprint density at radius 1 is 1.67 bits per heavy atom. The van der Waals surface area contributed by atoms with Crippen LogP contribution in [0, 0.1) is 11.8 Å². The molecule has 0 radical (unpaired) electrons. The van der Waals surface area contributed by atoms with E-state index < -0.39 is 5.60 Å². The second-order valence-corrected chi connectivity index (χ2v) is 5.39. The van der Waals surface area contributed by atoms with Gasteiger partial charge in [0.2, 0.25) is 0 Å². The van der Waals surface area contributed by atoms with Gasteiger partial charge < -0.3 is 9.84 Å². The summed E-state index contributed by atoms with van der Waals surface area (Å²) in [5.41, 5.74) is 0.271. The van der Waals surface area contributed by atoms with E-state index in [0.717, 1.165) is 37.7 Å². The molecule has 3 atom stereocenters. The number of ether oxygens (including phenoxy) is 1. The summed E-state index contributed by atoms with van der Waals surface area (Å²) >= 11 is 0. The van der Waals surface area contributed by atoms with Gasteiger partial charge in [-0.3, -0.25) is 4.79 Å². The van der Waals surface area contributed by atoms with E-state index >= 15 is 0 Å². The van der Waals surface area contributed by atoms with Crippen molar-refractivity contribution in [1.29, 1.82) is 0 Å². The van der Waals surface area contributed by atoms with E-state index in [9.17, 15) is 9.90 Å². The molecule has 1 N–H and O–H groups in total. The zero-order valence-corrected chi connectivity index (χ0v) is 11.0. The fraction of sp³-hybridized carbons (Fsp3) is 0.667. The van der Waals surface area contributed by atoms with Gasteiger partial charge in [-0.15, -0.1) is 6.58 Å². The van der Waals surface area contributed by atoms with Gasteiger partial charge in [-0.05, 0) is 50.0 Å². The van der Waals surface area contributed by atoms with Gasteiger partial charge in [-0.25, -0.2) is 0 Å². The lowest BCUT2D eigenvalue weighted by Crippen LogP contribution is -2.43. The molecule has 0 aromatic heterocycles. The topological polar surface area (TPSA) is 46.5 Å². The third-order valence-electron chi connectivity index (χ3n) is 4.36. The number of rotatable bonds is 3. The average molecular weight is 250 g/mol. The van der Waals surface area contributed by atoms with Crippen LogP contribution in [-0.4, -0.2) is 23.8 Å². The summed E-state index contributed by atoms with van der Waals surface area (Å²) in [5.74, 6) is -0.0509. The number of hydrogen-bond acceptors (Lipinski definition) is 3. The van der Waals surface area contributed by atoms with Crippen LogP contribution in [0.3, 0.4) is 0 Å². The summed E-state index contributed by atoms with van der Waals surface area (Å²) in [6.07, 6.45) is 8.87. The second kappa shape index (κ2) is 5.27. The van der Waals surface area contributed by atoms with Crippen LogP contribution >= 0.6 is 0 Å². The number of allylic oxidation sites excluding steroid dienone is 1. The van der Waals surface area contributed by atoms with Crippen molar-refractivity contribution in [1.82, 2.24) is 0 Å². The molecule has 0 aromatic rings. The first-order valence-corrected chi connectivity index (χ1v) is 6.74. The predicted octanol–water partition coefficient (Wildman–Crippen LogP) is 2.60. The molecule has 2 aliphatic carbocycles. The molecule has 3 nitrogen and oxygen atoms in total. The molecule has 0 spiro atoms. The Morgan fingerprint density at radius 2 is 2.44 bits per heavy atom. The molecule has 100 valence electrons.